The Bertz CT molecular complexity index is 511. The first kappa shape index (κ1) is 15.8. The molecule has 0 unspecified atom stereocenters. The molecular weight excluding hydrogens is 306 g/mol. The molecule has 116 valence electrons. The van der Waals surface area contributed by atoms with Gasteiger partial charge in [-0.1, -0.05) is 52.2 Å². The van der Waals surface area contributed by atoms with Crippen LogP contribution in [0.2, 0.25) is 0 Å². The zero-order valence-electron chi connectivity index (χ0n) is 13.4. The molecule has 0 radical (unpaired) electrons. The summed E-state index contributed by atoms with van der Waals surface area (Å²) >= 11 is 0. The zero-order valence-corrected chi connectivity index (χ0v) is 15.2. The molecule has 3 rings (SSSR count). The lowest BCUT2D eigenvalue weighted by atomic mass is 10.3. The van der Waals surface area contributed by atoms with Gasteiger partial charge in [-0.05, 0) is 37.6 Å². The van der Waals surface area contributed by atoms with Crippen LogP contribution in [0.5, 0.6) is 0 Å². The molecule has 0 saturated carbocycles. The first-order valence-electron chi connectivity index (χ1n) is 7.69. The summed E-state index contributed by atoms with van der Waals surface area (Å²) in [6.07, 6.45) is 4.81. The van der Waals surface area contributed by atoms with Crippen LogP contribution in [0.1, 0.15) is 0 Å². The van der Waals surface area contributed by atoms with E-state index in [1.54, 1.807) is 0 Å². The molecule has 0 bridgehead atoms. The van der Waals surface area contributed by atoms with Gasteiger partial charge in [-0.25, -0.2) is 0 Å². The number of para-hydroxylation sites is 2. The van der Waals surface area contributed by atoms with E-state index in [-0.39, 0.29) is 15.8 Å². The van der Waals surface area contributed by atoms with Gasteiger partial charge in [-0.3, -0.25) is 0 Å². The first-order chi connectivity index (χ1) is 10.7. The highest BCUT2D eigenvalue weighted by Gasteiger charge is 2.22. The minimum atomic E-state index is -0.0180. The third-order valence-electron chi connectivity index (χ3n) is 3.89. The van der Waals surface area contributed by atoms with Crippen molar-refractivity contribution in [2.45, 2.75) is 0 Å². The van der Waals surface area contributed by atoms with E-state index in [0.717, 1.165) is 0 Å². The zero-order chi connectivity index (χ0) is 15.4. The summed E-state index contributed by atoms with van der Waals surface area (Å²) in [5.74, 6) is 0. The molecular formula is C18H24N2P2. The smallest absolute Gasteiger partial charge is 0.0394 e. The van der Waals surface area contributed by atoms with Crippen LogP contribution in [0.25, 0.3) is 0 Å². The number of hydrogen-bond donors (Lipinski definition) is 0. The Morgan fingerprint density at radius 1 is 0.591 bits per heavy atom. The summed E-state index contributed by atoms with van der Waals surface area (Å²) in [7, 11) is -0.0360. The Morgan fingerprint density at radius 3 is 1.23 bits per heavy atom. The van der Waals surface area contributed by atoms with Gasteiger partial charge in [0.05, 0.1) is 0 Å². The maximum absolute atomic E-state index is 2.61. The van der Waals surface area contributed by atoms with Crippen molar-refractivity contribution in [1.29, 1.82) is 0 Å². The average molecular weight is 330 g/mol. The van der Waals surface area contributed by atoms with E-state index in [0.29, 0.717) is 0 Å². The monoisotopic (exact) mass is 330 g/mol. The topological polar surface area (TPSA) is 6.48 Å². The van der Waals surface area contributed by atoms with E-state index < -0.39 is 0 Å². The van der Waals surface area contributed by atoms with Gasteiger partial charge in [0.15, 0.2) is 0 Å². The molecule has 1 heterocycles. The van der Waals surface area contributed by atoms with Gasteiger partial charge in [0.2, 0.25) is 0 Å². The molecule has 1 aliphatic rings. The molecule has 0 aliphatic carbocycles. The van der Waals surface area contributed by atoms with Gasteiger partial charge in [-0.15, -0.1) is 0 Å². The van der Waals surface area contributed by atoms with Gasteiger partial charge in [0.1, 0.15) is 0 Å². The lowest BCUT2D eigenvalue weighted by molar-refractivity contribution is 0.981. The molecule has 1 saturated heterocycles. The van der Waals surface area contributed by atoms with Crippen molar-refractivity contribution in [3.63, 3.8) is 0 Å². The molecule has 0 aromatic heterocycles. The molecule has 0 spiro atoms. The number of rotatable bonds is 2. The summed E-state index contributed by atoms with van der Waals surface area (Å²) in [5, 5.41) is 0. The van der Waals surface area contributed by atoms with E-state index in [1.165, 1.54) is 36.5 Å². The molecule has 4 heteroatoms. The fraction of sp³-hybridized carbons (Fsp3) is 0.333. The normalized spacial score (nSPS) is 23.0. The second-order valence-electron chi connectivity index (χ2n) is 6.03. The summed E-state index contributed by atoms with van der Waals surface area (Å²) in [6.45, 7) is 4.87. The number of anilines is 2. The molecule has 2 aromatic rings. The van der Waals surface area contributed by atoms with E-state index >= 15 is 0 Å². The predicted octanol–water partition coefficient (Wildman–Crippen LogP) is 5.07. The Balaban J connectivity index is 1.75. The van der Waals surface area contributed by atoms with Crippen molar-refractivity contribution in [1.82, 2.24) is 0 Å². The molecule has 0 amide bonds. The lowest BCUT2D eigenvalue weighted by Gasteiger charge is -2.39. The Labute approximate surface area is 136 Å². The van der Waals surface area contributed by atoms with Crippen molar-refractivity contribution in [2.24, 2.45) is 0 Å². The molecule has 2 nitrogen and oxygen atoms in total. The van der Waals surface area contributed by atoms with Gasteiger partial charge >= 0.3 is 0 Å². The molecule has 2 aromatic carbocycles. The van der Waals surface area contributed by atoms with Gasteiger partial charge in [0.25, 0.3) is 0 Å². The van der Waals surface area contributed by atoms with Gasteiger partial charge in [-0.2, -0.15) is 0 Å². The molecule has 1 aliphatic heterocycles. The van der Waals surface area contributed by atoms with Crippen LogP contribution in [-0.4, -0.2) is 38.5 Å². The maximum Gasteiger partial charge on any atom is 0.0394 e. The highest BCUT2D eigenvalue weighted by Crippen LogP contribution is 2.44. The van der Waals surface area contributed by atoms with Crippen LogP contribution >= 0.6 is 15.8 Å². The summed E-state index contributed by atoms with van der Waals surface area (Å²) in [5.41, 5.74) is 2.78. The minimum Gasteiger partial charge on any atom is -0.363 e. The van der Waals surface area contributed by atoms with Crippen LogP contribution in [0.4, 0.5) is 11.4 Å². The minimum absolute atomic E-state index is 0.0180. The number of hydrogen-bond acceptors (Lipinski definition) is 2. The first-order valence-corrected chi connectivity index (χ1v) is 12.0. The highest BCUT2D eigenvalue weighted by atomic mass is 31.1. The van der Waals surface area contributed by atoms with Crippen molar-refractivity contribution < 1.29 is 0 Å². The van der Waals surface area contributed by atoms with Crippen molar-refractivity contribution in [3.05, 3.63) is 60.7 Å². The quantitative estimate of drug-likeness (QED) is 0.710. The second-order valence-corrected chi connectivity index (χ2v) is 10.6. The number of nitrogens with zero attached hydrogens (tertiary/aromatic N) is 2. The Morgan fingerprint density at radius 2 is 0.909 bits per heavy atom. The van der Waals surface area contributed by atoms with Crippen LogP contribution in [0, 0.1) is 0 Å². The van der Waals surface area contributed by atoms with Crippen molar-refractivity contribution in [3.8, 4) is 0 Å². The molecule has 0 N–H and O–H groups in total. The number of benzene rings is 2. The predicted molar refractivity (Wildman–Crippen MR) is 103 cm³/mol. The van der Waals surface area contributed by atoms with E-state index in [2.05, 4.69) is 83.8 Å². The van der Waals surface area contributed by atoms with Gasteiger partial charge < -0.3 is 9.80 Å². The SMILES string of the molecule is CP1CN(c2ccccc2)CP(C)CN(c2ccccc2)C1. The Hall–Kier alpha value is -1.10. The van der Waals surface area contributed by atoms with E-state index in [4.69, 9.17) is 0 Å². The van der Waals surface area contributed by atoms with Crippen LogP contribution in [0.3, 0.4) is 0 Å². The average Bonchev–Trinajstić information content (AvgIpc) is 2.54. The fourth-order valence-corrected chi connectivity index (χ4v) is 6.83. The summed E-state index contributed by atoms with van der Waals surface area (Å²) in [6, 6.07) is 21.8. The summed E-state index contributed by atoms with van der Waals surface area (Å²) < 4.78 is 0. The van der Waals surface area contributed by atoms with Crippen LogP contribution < -0.4 is 9.80 Å². The second kappa shape index (κ2) is 7.44. The van der Waals surface area contributed by atoms with Crippen molar-refractivity contribution >= 4 is 27.2 Å². The maximum atomic E-state index is 2.61. The Kier molecular flexibility index (Phi) is 5.34. The molecule has 0 atom stereocenters. The molecule has 1 fully saturated rings. The van der Waals surface area contributed by atoms with Gasteiger partial charge in [0, 0.05) is 36.5 Å². The van der Waals surface area contributed by atoms with E-state index in [9.17, 15) is 0 Å². The van der Waals surface area contributed by atoms with Crippen LogP contribution in [-0.2, 0) is 0 Å². The fourth-order valence-electron chi connectivity index (χ4n) is 2.95. The van der Waals surface area contributed by atoms with Crippen molar-refractivity contribution in [2.75, 3.05) is 48.3 Å². The summed E-state index contributed by atoms with van der Waals surface area (Å²) in [4.78, 5) is 5.22. The van der Waals surface area contributed by atoms with Crippen LogP contribution in [0.15, 0.2) is 60.7 Å². The third kappa shape index (κ3) is 4.00. The third-order valence-corrected chi connectivity index (χ3v) is 7.19. The highest BCUT2D eigenvalue weighted by molar-refractivity contribution is 7.59. The lowest BCUT2D eigenvalue weighted by Crippen LogP contribution is -2.33. The molecule has 22 heavy (non-hydrogen) atoms. The standard InChI is InChI=1S/C18H24N2P2/c1-21-13-19(17-9-5-3-6-10-17)15-22(2)16-20(14-21)18-11-7-4-8-12-18/h3-12H,13-16H2,1-2H3. The largest absolute Gasteiger partial charge is 0.363 e. The van der Waals surface area contributed by atoms with E-state index in [1.807, 2.05) is 0 Å².